The largest absolute Gasteiger partial charge is 0.376 e. The molecular formula is C18H21N3O3S. The molecule has 0 bridgehead atoms. The van der Waals surface area contributed by atoms with Gasteiger partial charge in [-0.25, -0.2) is 4.98 Å². The Labute approximate surface area is 150 Å². The molecule has 132 valence electrons. The zero-order chi connectivity index (χ0) is 17.6. The maximum Gasteiger partial charge on any atom is 0.262 e. The monoisotopic (exact) mass is 359 g/mol. The van der Waals surface area contributed by atoms with Crippen LogP contribution in [0.1, 0.15) is 12.8 Å². The Bertz CT molecular complexity index is 828. The molecule has 1 saturated heterocycles. The van der Waals surface area contributed by atoms with Crippen LogP contribution < -0.4 is 10.9 Å². The molecule has 1 aliphatic heterocycles. The summed E-state index contributed by atoms with van der Waals surface area (Å²) in [6.45, 7) is 5.35. The lowest BCUT2D eigenvalue weighted by molar-refractivity contribution is -0.119. The maximum absolute atomic E-state index is 12.6. The van der Waals surface area contributed by atoms with Crippen molar-refractivity contribution >= 4 is 28.6 Å². The zero-order valence-electron chi connectivity index (χ0n) is 13.9. The normalized spacial score (nSPS) is 16.9. The second kappa shape index (κ2) is 8.31. The number of allylic oxidation sites excluding steroid dienone is 1. The van der Waals surface area contributed by atoms with Gasteiger partial charge in [0.25, 0.3) is 5.56 Å². The first-order valence-electron chi connectivity index (χ1n) is 8.30. The number of amides is 1. The van der Waals surface area contributed by atoms with Crippen molar-refractivity contribution < 1.29 is 9.53 Å². The first-order valence-corrected chi connectivity index (χ1v) is 9.29. The molecular weight excluding hydrogens is 338 g/mol. The predicted octanol–water partition coefficient (Wildman–Crippen LogP) is 1.97. The molecule has 3 rings (SSSR count). The van der Waals surface area contributed by atoms with Crippen molar-refractivity contribution in [1.82, 2.24) is 14.9 Å². The highest BCUT2D eigenvalue weighted by molar-refractivity contribution is 7.99. The quantitative estimate of drug-likeness (QED) is 0.465. The van der Waals surface area contributed by atoms with Gasteiger partial charge in [-0.1, -0.05) is 30.0 Å². The van der Waals surface area contributed by atoms with E-state index < -0.39 is 0 Å². The van der Waals surface area contributed by atoms with Crippen molar-refractivity contribution in [2.75, 3.05) is 18.9 Å². The summed E-state index contributed by atoms with van der Waals surface area (Å²) >= 11 is 1.26. The fraction of sp³-hybridized carbons (Fsp3) is 0.389. The van der Waals surface area contributed by atoms with E-state index >= 15 is 0 Å². The molecule has 0 spiro atoms. The number of nitrogens with zero attached hydrogens (tertiary/aromatic N) is 2. The number of ether oxygens (including phenoxy) is 1. The van der Waals surface area contributed by atoms with Gasteiger partial charge in [0.1, 0.15) is 0 Å². The number of hydrogen-bond donors (Lipinski definition) is 1. The van der Waals surface area contributed by atoms with E-state index in [0.717, 1.165) is 19.4 Å². The number of para-hydroxylation sites is 1. The summed E-state index contributed by atoms with van der Waals surface area (Å²) in [5, 5.41) is 3.97. The summed E-state index contributed by atoms with van der Waals surface area (Å²) in [6, 6.07) is 7.22. The number of fused-ring (bicyclic) bond motifs is 1. The number of carbonyl (C=O) groups excluding carboxylic acids is 1. The van der Waals surface area contributed by atoms with Crippen LogP contribution in [0.4, 0.5) is 0 Å². The van der Waals surface area contributed by atoms with E-state index in [9.17, 15) is 9.59 Å². The third-order valence-corrected chi connectivity index (χ3v) is 5.00. The molecule has 1 aliphatic rings. The number of rotatable bonds is 7. The van der Waals surface area contributed by atoms with Crippen LogP contribution >= 0.6 is 11.8 Å². The van der Waals surface area contributed by atoms with Gasteiger partial charge in [-0.3, -0.25) is 14.2 Å². The summed E-state index contributed by atoms with van der Waals surface area (Å²) in [6.07, 6.45) is 3.80. The highest BCUT2D eigenvalue weighted by Gasteiger charge is 2.17. The molecule has 0 aliphatic carbocycles. The number of hydrogen-bond acceptors (Lipinski definition) is 5. The third-order valence-electron chi connectivity index (χ3n) is 4.02. The minimum absolute atomic E-state index is 0.0898. The standard InChI is InChI=1S/C18H21N3O3S/c1-2-9-21-17(23)14-7-3-4-8-15(14)20-18(21)25-12-16(22)19-11-13-6-5-10-24-13/h2-4,7-8,13H,1,5-6,9-12H2,(H,19,22)/t13-/m0/s1. The fourth-order valence-corrected chi connectivity index (χ4v) is 3.60. The average Bonchev–Trinajstić information content (AvgIpc) is 3.14. The van der Waals surface area contributed by atoms with Crippen LogP contribution in [0.5, 0.6) is 0 Å². The predicted molar refractivity (Wildman–Crippen MR) is 98.9 cm³/mol. The molecule has 0 unspecified atom stereocenters. The van der Waals surface area contributed by atoms with Crippen molar-refractivity contribution in [3.8, 4) is 0 Å². The molecule has 1 atom stereocenters. The smallest absolute Gasteiger partial charge is 0.262 e. The molecule has 1 aromatic carbocycles. The van der Waals surface area contributed by atoms with Crippen molar-refractivity contribution in [2.45, 2.75) is 30.6 Å². The van der Waals surface area contributed by atoms with Crippen molar-refractivity contribution in [1.29, 1.82) is 0 Å². The molecule has 1 N–H and O–H groups in total. The van der Waals surface area contributed by atoms with Gasteiger partial charge < -0.3 is 10.1 Å². The average molecular weight is 359 g/mol. The van der Waals surface area contributed by atoms with E-state index in [4.69, 9.17) is 4.74 Å². The molecule has 2 aromatic rings. The molecule has 6 nitrogen and oxygen atoms in total. The number of nitrogens with one attached hydrogen (secondary N) is 1. The van der Waals surface area contributed by atoms with E-state index in [1.807, 2.05) is 12.1 Å². The Morgan fingerprint density at radius 3 is 3.08 bits per heavy atom. The van der Waals surface area contributed by atoms with Crippen molar-refractivity contribution in [3.05, 3.63) is 47.3 Å². The maximum atomic E-state index is 12.6. The van der Waals surface area contributed by atoms with Crippen LogP contribution in [0.3, 0.4) is 0 Å². The topological polar surface area (TPSA) is 73.2 Å². The minimum Gasteiger partial charge on any atom is -0.376 e. The molecule has 1 amide bonds. The number of thioether (sulfide) groups is 1. The Balaban J connectivity index is 1.71. The summed E-state index contributed by atoms with van der Waals surface area (Å²) in [7, 11) is 0. The highest BCUT2D eigenvalue weighted by atomic mass is 32.2. The van der Waals surface area contributed by atoms with Crippen molar-refractivity contribution in [2.24, 2.45) is 0 Å². The van der Waals surface area contributed by atoms with E-state index in [-0.39, 0.29) is 23.3 Å². The summed E-state index contributed by atoms with van der Waals surface area (Å²) in [5.74, 6) is 0.113. The lowest BCUT2D eigenvalue weighted by atomic mass is 10.2. The van der Waals surface area contributed by atoms with Crippen LogP contribution in [0.25, 0.3) is 10.9 Å². The fourth-order valence-electron chi connectivity index (χ4n) is 2.76. The molecule has 1 fully saturated rings. The van der Waals surface area contributed by atoms with Crippen LogP contribution in [0.2, 0.25) is 0 Å². The van der Waals surface area contributed by atoms with Crippen LogP contribution in [-0.2, 0) is 16.1 Å². The van der Waals surface area contributed by atoms with Crippen LogP contribution in [-0.4, -0.2) is 40.5 Å². The molecule has 2 heterocycles. The van der Waals surface area contributed by atoms with Gasteiger partial charge in [-0.2, -0.15) is 0 Å². The third kappa shape index (κ3) is 4.29. The van der Waals surface area contributed by atoms with Gasteiger partial charge in [0, 0.05) is 19.7 Å². The van der Waals surface area contributed by atoms with Gasteiger partial charge >= 0.3 is 0 Å². The van der Waals surface area contributed by atoms with E-state index in [1.165, 1.54) is 11.8 Å². The van der Waals surface area contributed by atoms with Gasteiger partial charge in [-0.15, -0.1) is 6.58 Å². The Hall–Kier alpha value is -2.12. The number of carbonyl (C=O) groups is 1. The highest BCUT2D eigenvalue weighted by Crippen LogP contribution is 2.18. The zero-order valence-corrected chi connectivity index (χ0v) is 14.8. The summed E-state index contributed by atoms with van der Waals surface area (Å²) in [5.41, 5.74) is 0.517. The van der Waals surface area contributed by atoms with Crippen LogP contribution in [0.15, 0.2) is 46.9 Å². The number of benzene rings is 1. The molecule has 1 aromatic heterocycles. The lowest BCUT2D eigenvalue weighted by Gasteiger charge is -2.12. The molecule has 7 heteroatoms. The van der Waals surface area contributed by atoms with Gasteiger partial charge in [-0.05, 0) is 25.0 Å². The summed E-state index contributed by atoms with van der Waals surface area (Å²) in [4.78, 5) is 29.2. The SMILES string of the molecule is C=CCn1c(SCC(=O)NC[C@@H]2CCCO2)nc2ccccc2c1=O. The Kier molecular flexibility index (Phi) is 5.88. The van der Waals surface area contributed by atoms with E-state index in [2.05, 4.69) is 16.9 Å². The van der Waals surface area contributed by atoms with Gasteiger partial charge in [0.05, 0.1) is 22.8 Å². The van der Waals surface area contributed by atoms with Crippen LogP contribution in [0, 0.1) is 0 Å². The van der Waals surface area contributed by atoms with E-state index in [1.54, 1.807) is 22.8 Å². The minimum atomic E-state index is -0.118. The second-order valence-electron chi connectivity index (χ2n) is 5.84. The first kappa shape index (κ1) is 17.7. The molecule has 25 heavy (non-hydrogen) atoms. The van der Waals surface area contributed by atoms with Crippen molar-refractivity contribution in [3.63, 3.8) is 0 Å². The Morgan fingerprint density at radius 1 is 1.48 bits per heavy atom. The second-order valence-corrected chi connectivity index (χ2v) is 6.79. The molecule has 0 radical (unpaired) electrons. The van der Waals surface area contributed by atoms with Gasteiger partial charge in [0.15, 0.2) is 5.16 Å². The van der Waals surface area contributed by atoms with E-state index in [0.29, 0.717) is 29.1 Å². The summed E-state index contributed by atoms with van der Waals surface area (Å²) < 4.78 is 7.04. The Morgan fingerprint density at radius 2 is 2.32 bits per heavy atom. The lowest BCUT2D eigenvalue weighted by Crippen LogP contribution is -2.33. The van der Waals surface area contributed by atoms with Gasteiger partial charge in [0.2, 0.25) is 5.91 Å². The number of aromatic nitrogens is 2. The molecule has 0 saturated carbocycles. The first-order chi connectivity index (χ1) is 12.2.